The molecule has 0 bridgehead atoms. The molecule has 0 aliphatic heterocycles. The molecule has 1 aliphatic rings. The summed E-state index contributed by atoms with van der Waals surface area (Å²) in [6, 6.07) is 10.3. The number of hydrogen-bond acceptors (Lipinski definition) is 3. The first-order chi connectivity index (χ1) is 9.26. The summed E-state index contributed by atoms with van der Waals surface area (Å²) < 4.78 is 0. The normalized spacial score (nSPS) is 14.2. The second-order valence-electron chi connectivity index (χ2n) is 4.89. The number of rotatable bonds is 7. The Morgan fingerprint density at radius 3 is 2.53 bits per heavy atom. The molecule has 1 N–H and O–H groups in total. The predicted octanol–water partition coefficient (Wildman–Crippen LogP) is 1.50. The van der Waals surface area contributed by atoms with Gasteiger partial charge in [-0.15, -0.1) is 0 Å². The molecule has 2 rings (SSSR count). The highest BCUT2D eigenvalue weighted by atomic mass is 16.3. The van der Waals surface area contributed by atoms with Gasteiger partial charge in [-0.1, -0.05) is 18.2 Å². The molecule has 0 radical (unpaired) electrons. The molecule has 0 unspecified atom stereocenters. The van der Waals surface area contributed by atoms with Gasteiger partial charge in [-0.2, -0.15) is 0 Å². The molecule has 1 aliphatic carbocycles. The Morgan fingerprint density at radius 1 is 1.32 bits per heavy atom. The highest BCUT2D eigenvalue weighted by molar-refractivity contribution is 5.82. The van der Waals surface area contributed by atoms with Crippen molar-refractivity contribution in [2.45, 2.75) is 25.8 Å². The number of carbonyl (C=O) groups is 1. The van der Waals surface area contributed by atoms with Gasteiger partial charge in [-0.25, -0.2) is 0 Å². The van der Waals surface area contributed by atoms with Crippen molar-refractivity contribution in [3.63, 3.8) is 0 Å². The second-order valence-corrected chi connectivity index (χ2v) is 4.89. The molecular formula is C15H22N2O2. The molecular weight excluding hydrogens is 240 g/mol. The summed E-state index contributed by atoms with van der Waals surface area (Å²) in [5.74, 6) is 0.113. The number of likely N-dealkylation sites (N-methyl/N-ethyl adjacent to an activating group) is 1. The van der Waals surface area contributed by atoms with Gasteiger partial charge in [-0.05, 0) is 31.9 Å². The van der Waals surface area contributed by atoms with Gasteiger partial charge in [-0.3, -0.25) is 4.79 Å². The van der Waals surface area contributed by atoms with Gasteiger partial charge in [0.25, 0.3) is 0 Å². The summed E-state index contributed by atoms with van der Waals surface area (Å²) in [5, 5.41) is 9.06. The van der Waals surface area contributed by atoms with E-state index in [1.54, 1.807) is 0 Å². The Hall–Kier alpha value is -1.55. The van der Waals surface area contributed by atoms with Crippen molar-refractivity contribution >= 4 is 11.6 Å². The molecule has 1 aromatic carbocycles. The molecule has 1 aromatic rings. The molecule has 1 saturated carbocycles. The SMILES string of the molecule is CCN(CC(=O)N(CCO)C1CC1)c1ccccc1. The predicted molar refractivity (Wildman–Crippen MR) is 76.1 cm³/mol. The minimum atomic E-state index is 0.0414. The van der Waals surface area contributed by atoms with Crippen molar-refractivity contribution in [2.24, 2.45) is 0 Å². The zero-order chi connectivity index (χ0) is 13.7. The number of benzene rings is 1. The van der Waals surface area contributed by atoms with Crippen LogP contribution in [0.1, 0.15) is 19.8 Å². The van der Waals surface area contributed by atoms with Gasteiger partial charge in [0.1, 0.15) is 0 Å². The van der Waals surface area contributed by atoms with Crippen LogP contribution in [0.3, 0.4) is 0 Å². The molecule has 4 nitrogen and oxygen atoms in total. The zero-order valence-electron chi connectivity index (χ0n) is 11.5. The standard InChI is InChI=1S/C15H22N2O2/c1-2-16(13-6-4-3-5-7-13)12-15(19)17(10-11-18)14-8-9-14/h3-7,14,18H,2,8-12H2,1H3. The molecule has 104 valence electrons. The quantitative estimate of drug-likeness (QED) is 0.810. The van der Waals surface area contributed by atoms with Crippen molar-refractivity contribution in [1.29, 1.82) is 0 Å². The molecule has 0 saturated heterocycles. The lowest BCUT2D eigenvalue weighted by atomic mass is 10.2. The summed E-state index contributed by atoms with van der Waals surface area (Å²) in [7, 11) is 0. The first kappa shape index (κ1) is 13.9. The van der Waals surface area contributed by atoms with E-state index in [0.717, 1.165) is 25.1 Å². The molecule has 1 fully saturated rings. The highest BCUT2D eigenvalue weighted by Gasteiger charge is 2.32. The fourth-order valence-corrected chi connectivity index (χ4v) is 2.28. The maximum Gasteiger partial charge on any atom is 0.242 e. The molecule has 19 heavy (non-hydrogen) atoms. The van der Waals surface area contributed by atoms with Crippen molar-refractivity contribution in [1.82, 2.24) is 4.90 Å². The Bertz CT molecular complexity index is 404. The lowest BCUT2D eigenvalue weighted by molar-refractivity contribution is -0.130. The summed E-state index contributed by atoms with van der Waals surface area (Å²) >= 11 is 0. The molecule has 4 heteroatoms. The molecule has 0 atom stereocenters. The maximum absolute atomic E-state index is 12.3. The van der Waals surface area contributed by atoms with Crippen LogP contribution in [-0.4, -0.2) is 48.2 Å². The van der Waals surface area contributed by atoms with E-state index in [9.17, 15) is 4.79 Å². The lowest BCUT2D eigenvalue weighted by Crippen LogP contribution is -2.43. The number of amides is 1. The number of nitrogens with zero attached hydrogens (tertiary/aromatic N) is 2. The van der Waals surface area contributed by atoms with Crippen molar-refractivity contribution in [2.75, 3.05) is 31.1 Å². The molecule has 0 aromatic heterocycles. The third-order valence-electron chi connectivity index (χ3n) is 3.48. The summed E-state index contributed by atoms with van der Waals surface area (Å²) in [6.45, 7) is 3.73. The van der Waals surface area contributed by atoms with Gasteiger partial charge in [0.2, 0.25) is 5.91 Å². The van der Waals surface area contributed by atoms with Crippen LogP contribution in [0.15, 0.2) is 30.3 Å². The Morgan fingerprint density at radius 2 is 2.00 bits per heavy atom. The summed E-state index contributed by atoms with van der Waals surface area (Å²) in [6.07, 6.45) is 2.15. The smallest absolute Gasteiger partial charge is 0.242 e. The van der Waals surface area contributed by atoms with Gasteiger partial charge in [0.15, 0.2) is 0 Å². The van der Waals surface area contributed by atoms with Gasteiger partial charge in [0, 0.05) is 24.8 Å². The topological polar surface area (TPSA) is 43.8 Å². The Kier molecular flexibility index (Phi) is 4.80. The Balaban J connectivity index is 1.99. The van der Waals surface area contributed by atoms with Crippen LogP contribution in [0.25, 0.3) is 0 Å². The monoisotopic (exact) mass is 262 g/mol. The van der Waals surface area contributed by atoms with Crippen LogP contribution < -0.4 is 4.90 Å². The van der Waals surface area contributed by atoms with E-state index >= 15 is 0 Å². The van der Waals surface area contributed by atoms with Gasteiger partial charge >= 0.3 is 0 Å². The third-order valence-corrected chi connectivity index (χ3v) is 3.48. The number of carbonyl (C=O) groups excluding carboxylic acids is 1. The number of aliphatic hydroxyl groups excluding tert-OH is 1. The highest BCUT2D eigenvalue weighted by Crippen LogP contribution is 2.27. The second kappa shape index (κ2) is 6.57. The first-order valence-electron chi connectivity index (χ1n) is 6.96. The number of aliphatic hydroxyl groups is 1. The number of anilines is 1. The molecule has 1 amide bonds. The van der Waals surface area contributed by atoms with Crippen LogP contribution in [-0.2, 0) is 4.79 Å². The van der Waals surface area contributed by atoms with Gasteiger partial charge < -0.3 is 14.9 Å². The van der Waals surface area contributed by atoms with Crippen LogP contribution in [0.2, 0.25) is 0 Å². The largest absolute Gasteiger partial charge is 0.395 e. The van der Waals surface area contributed by atoms with Crippen LogP contribution in [0.5, 0.6) is 0 Å². The Labute approximate surface area is 114 Å². The van der Waals surface area contributed by atoms with E-state index in [1.165, 1.54) is 0 Å². The fourth-order valence-electron chi connectivity index (χ4n) is 2.28. The van der Waals surface area contributed by atoms with Crippen molar-refractivity contribution in [3.05, 3.63) is 30.3 Å². The number of hydrogen-bond donors (Lipinski definition) is 1. The fraction of sp³-hybridized carbons (Fsp3) is 0.533. The minimum Gasteiger partial charge on any atom is -0.395 e. The zero-order valence-corrected chi connectivity index (χ0v) is 11.5. The first-order valence-corrected chi connectivity index (χ1v) is 6.96. The average Bonchev–Trinajstić information content (AvgIpc) is 3.27. The van der Waals surface area contributed by atoms with Gasteiger partial charge in [0.05, 0.1) is 13.2 Å². The van der Waals surface area contributed by atoms with E-state index in [-0.39, 0.29) is 12.5 Å². The van der Waals surface area contributed by atoms with Crippen LogP contribution in [0, 0.1) is 0 Å². The molecule has 0 spiro atoms. The van der Waals surface area contributed by atoms with E-state index in [4.69, 9.17) is 5.11 Å². The van der Waals surface area contributed by atoms with E-state index in [2.05, 4.69) is 4.90 Å². The van der Waals surface area contributed by atoms with Crippen molar-refractivity contribution in [3.8, 4) is 0 Å². The average molecular weight is 262 g/mol. The summed E-state index contributed by atoms with van der Waals surface area (Å²) in [4.78, 5) is 16.2. The van der Waals surface area contributed by atoms with E-state index < -0.39 is 0 Å². The van der Waals surface area contributed by atoms with Crippen LogP contribution >= 0.6 is 0 Å². The lowest BCUT2D eigenvalue weighted by Gasteiger charge is -2.27. The molecule has 0 heterocycles. The van der Waals surface area contributed by atoms with E-state index in [1.807, 2.05) is 42.2 Å². The maximum atomic E-state index is 12.3. The minimum absolute atomic E-state index is 0.0414. The van der Waals surface area contributed by atoms with Crippen LogP contribution in [0.4, 0.5) is 5.69 Å². The third kappa shape index (κ3) is 3.70. The summed E-state index contributed by atoms with van der Waals surface area (Å²) in [5.41, 5.74) is 1.07. The van der Waals surface area contributed by atoms with Crippen molar-refractivity contribution < 1.29 is 9.90 Å². The van der Waals surface area contributed by atoms with E-state index in [0.29, 0.717) is 19.1 Å². The number of para-hydroxylation sites is 1.